The first-order valence-corrected chi connectivity index (χ1v) is 9.46. The fraction of sp³-hybridized carbons (Fsp3) is 0.222. The average Bonchev–Trinajstić information content (AvgIpc) is 3.06. The monoisotopic (exact) mass is 452 g/mol. The summed E-state index contributed by atoms with van der Waals surface area (Å²) < 4.78 is 28.2. The molecule has 0 atom stereocenters. The summed E-state index contributed by atoms with van der Waals surface area (Å²) in [5.41, 5.74) is 4.57. The lowest BCUT2D eigenvalue weighted by molar-refractivity contribution is 0.265. The molecule has 0 saturated carbocycles. The summed E-state index contributed by atoms with van der Waals surface area (Å²) in [7, 11) is 0. The Bertz CT molecular complexity index is 976. The van der Waals surface area contributed by atoms with Gasteiger partial charge in [-0.15, -0.1) is 0 Å². The number of nitrogens with zero attached hydrogens (tertiary/aromatic N) is 2. The van der Waals surface area contributed by atoms with Gasteiger partial charge in [0.25, 0.3) is 0 Å². The van der Waals surface area contributed by atoms with Crippen molar-refractivity contribution < 1.29 is 13.9 Å². The van der Waals surface area contributed by atoms with Gasteiger partial charge in [0.15, 0.2) is 11.5 Å². The van der Waals surface area contributed by atoms with Gasteiger partial charge in [-0.05, 0) is 42.9 Å². The lowest BCUT2D eigenvalue weighted by Crippen LogP contribution is -2.14. The van der Waals surface area contributed by atoms with Gasteiger partial charge >= 0.3 is 0 Å². The quantitative estimate of drug-likeness (QED) is 0.490. The van der Waals surface area contributed by atoms with Crippen molar-refractivity contribution in [2.45, 2.75) is 20.1 Å². The largest absolute Gasteiger partial charge is 0.490 e. The normalized spacial score (nSPS) is 10.6. The minimum Gasteiger partial charge on any atom is -0.490 e. The van der Waals surface area contributed by atoms with Gasteiger partial charge in [0, 0.05) is 10.0 Å². The highest BCUT2D eigenvalue weighted by Gasteiger charge is 2.12. The number of benzene rings is 2. The van der Waals surface area contributed by atoms with Gasteiger partial charge < -0.3 is 14.9 Å². The minimum absolute atomic E-state index is 0.112. The number of hydrogen-bond acceptors (Lipinski definition) is 5. The molecule has 0 aliphatic heterocycles. The second kappa shape index (κ2) is 9.01. The molecule has 0 unspecified atom stereocenters. The Labute approximate surface area is 169 Å². The minimum atomic E-state index is -0.299. The lowest BCUT2D eigenvalue weighted by atomic mass is 10.2. The molecule has 0 saturated heterocycles. The Balaban J connectivity index is 1.78. The van der Waals surface area contributed by atoms with E-state index in [-0.39, 0.29) is 12.4 Å². The van der Waals surface area contributed by atoms with E-state index in [1.165, 1.54) is 6.07 Å². The van der Waals surface area contributed by atoms with Crippen molar-refractivity contribution in [3.63, 3.8) is 0 Å². The highest BCUT2D eigenvalue weighted by atomic mass is 79.9. The van der Waals surface area contributed by atoms with Crippen molar-refractivity contribution in [3.8, 4) is 11.5 Å². The molecule has 3 aromatic rings. The van der Waals surface area contributed by atoms with Gasteiger partial charge in [0.05, 0.1) is 13.2 Å². The van der Waals surface area contributed by atoms with E-state index in [2.05, 4.69) is 31.6 Å². The first kappa shape index (κ1) is 19.4. The fourth-order valence-electron chi connectivity index (χ4n) is 2.40. The summed E-state index contributed by atoms with van der Waals surface area (Å²) in [4.78, 5) is 0. The topological polar surface area (TPSA) is 64.1 Å². The van der Waals surface area contributed by atoms with E-state index in [4.69, 9.17) is 21.7 Å². The molecule has 1 aromatic heterocycles. The Hall–Kier alpha value is -2.39. The van der Waals surface area contributed by atoms with E-state index < -0.39 is 0 Å². The number of H-pyrrole nitrogens is 1. The number of nitrogens with one attached hydrogen (secondary N) is 2. The molecular formula is C18H18BrFN4O2S. The van der Waals surface area contributed by atoms with Crippen LogP contribution in [-0.4, -0.2) is 21.5 Å². The van der Waals surface area contributed by atoms with Crippen molar-refractivity contribution in [2.24, 2.45) is 0 Å². The molecule has 0 aliphatic rings. The Morgan fingerprint density at radius 3 is 2.70 bits per heavy atom. The van der Waals surface area contributed by atoms with Gasteiger partial charge in [0.2, 0.25) is 4.77 Å². The Morgan fingerprint density at radius 2 is 2.00 bits per heavy atom. The Kier molecular flexibility index (Phi) is 6.46. The molecule has 6 nitrogen and oxygen atoms in total. The molecule has 0 bridgehead atoms. The zero-order valence-corrected chi connectivity index (χ0v) is 16.9. The van der Waals surface area contributed by atoms with E-state index in [0.717, 1.165) is 10.0 Å². The van der Waals surface area contributed by atoms with Crippen LogP contribution in [0.15, 0.2) is 47.2 Å². The van der Waals surface area contributed by atoms with Crippen LogP contribution in [0.5, 0.6) is 11.5 Å². The van der Waals surface area contributed by atoms with Crippen molar-refractivity contribution in [1.29, 1.82) is 0 Å². The number of aromatic nitrogens is 3. The van der Waals surface area contributed by atoms with Crippen LogP contribution in [-0.2, 0) is 13.2 Å². The summed E-state index contributed by atoms with van der Waals surface area (Å²) in [6.07, 6.45) is 1.56. The molecule has 3 rings (SSSR count). The number of rotatable bonds is 8. The third-order valence-electron chi connectivity index (χ3n) is 3.75. The van der Waals surface area contributed by atoms with E-state index in [0.29, 0.717) is 35.0 Å². The maximum atomic E-state index is 13.8. The predicted octanol–water partition coefficient (Wildman–Crippen LogP) is 4.56. The van der Waals surface area contributed by atoms with E-state index in [1.807, 2.05) is 19.1 Å². The number of halogens is 2. The van der Waals surface area contributed by atoms with Gasteiger partial charge in [0.1, 0.15) is 18.8 Å². The van der Waals surface area contributed by atoms with Crippen LogP contribution >= 0.6 is 28.1 Å². The highest BCUT2D eigenvalue weighted by Crippen LogP contribution is 2.34. The molecule has 0 aliphatic carbocycles. The second-order valence-electron chi connectivity index (χ2n) is 5.57. The number of ether oxygens (including phenoxy) is 2. The Morgan fingerprint density at radius 1 is 1.22 bits per heavy atom. The average molecular weight is 453 g/mol. The van der Waals surface area contributed by atoms with Crippen LogP contribution in [0.4, 0.5) is 4.39 Å². The molecule has 0 amide bonds. The number of hydrogen-bond donors (Lipinski definition) is 2. The molecule has 27 heavy (non-hydrogen) atoms. The molecule has 1 heterocycles. The summed E-state index contributed by atoms with van der Waals surface area (Å²) >= 11 is 8.66. The van der Waals surface area contributed by atoms with Crippen molar-refractivity contribution >= 4 is 28.1 Å². The second-order valence-corrected chi connectivity index (χ2v) is 6.81. The highest BCUT2D eigenvalue weighted by molar-refractivity contribution is 9.10. The first-order valence-electron chi connectivity index (χ1n) is 8.25. The van der Waals surface area contributed by atoms with Crippen LogP contribution < -0.4 is 14.9 Å². The van der Waals surface area contributed by atoms with Gasteiger partial charge in [-0.1, -0.05) is 34.1 Å². The molecule has 0 spiro atoms. The van der Waals surface area contributed by atoms with E-state index in [9.17, 15) is 4.39 Å². The van der Waals surface area contributed by atoms with Gasteiger partial charge in [-0.25, -0.2) is 9.07 Å². The molecule has 142 valence electrons. The van der Waals surface area contributed by atoms with Crippen LogP contribution in [0, 0.1) is 10.6 Å². The fourth-order valence-corrected chi connectivity index (χ4v) is 3.02. The molecular weight excluding hydrogens is 435 g/mol. The van der Waals surface area contributed by atoms with Crippen LogP contribution in [0.1, 0.15) is 18.1 Å². The van der Waals surface area contributed by atoms with Gasteiger partial charge in [-0.3, -0.25) is 5.10 Å². The molecule has 0 radical (unpaired) electrons. The zero-order chi connectivity index (χ0) is 19.2. The SMILES string of the molecule is CCOc1cc(CNn2cn[nH]c2=S)c(Br)cc1OCc1ccccc1F. The van der Waals surface area contributed by atoms with Crippen LogP contribution in [0.25, 0.3) is 0 Å². The van der Waals surface area contributed by atoms with Crippen LogP contribution in [0.3, 0.4) is 0 Å². The van der Waals surface area contributed by atoms with Crippen molar-refractivity contribution in [2.75, 3.05) is 12.0 Å². The van der Waals surface area contributed by atoms with E-state index >= 15 is 0 Å². The standard InChI is InChI=1S/C18H18BrFN4O2S/c1-2-25-16-7-13(9-22-24-11-21-23-18(24)27)14(19)8-17(16)26-10-12-5-3-4-6-15(12)20/h3-8,11,22H,2,9-10H2,1H3,(H,23,27). The molecule has 0 fully saturated rings. The maximum Gasteiger partial charge on any atom is 0.214 e. The van der Waals surface area contributed by atoms with Gasteiger partial charge in [-0.2, -0.15) is 5.10 Å². The predicted molar refractivity (Wildman–Crippen MR) is 107 cm³/mol. The third-order valence-corrected chi connectivity index (χ3v) is 4.77. The summed E-state index contributed by atoms with van der Waals surface area (Å²) in [5, 5.41) is 6.54. The lowest BCUT2D eigenvalue weighted by Gasteiger charge is -2.16. The molecule has 2 aromatic carbocycles. The summed E-state index contributed by atoms with van der Waals surface area (Å²) in [6.45, 7) is 2.98. The summed E-state index contributed by atoms with van der Waals surface area (Å²) in [5.74, 6) is 0.826. The maximum absolute atomic E-state index is 13.8. The first-order chi connectivity index (χ1) is 13.1. The zero-order valence-electron chi connectivity index (χ0n) is 14.5. The van der Waals surface area contributed by atoms with E-state index in [1.54, 1.807) is 29.2 Å². The molecule has 9 heteroatoms. The van der Waals surface area contributed by atoms with Crippen molar-refractivity contribution in [3.05, 3.63) is 68.9 Å². The number of aromatic amines is 1. The summed E-state index contributed by atoms with van der Waals surface area (Å²) in [6, 6.07) is 10.2. The van der Waals surface area contributed by atoms with Crippen molar-refractivity contribution in [1.82, 2.24) is 14.9 Å². The smallest absolute Gasteiger partial charge is 0.214 e. The van der Waals surface area contributed by atoms with Crippen LogP contribution in [0.2, 0.25) is 0 Å². The third kappa shape index (κ3) is 4.86. The molecule has 2 N–H and O–H groups in total.